The first-order chi connectivity index (χ1) is 14.1. The fourth-order valence-corrected chi connectivity index (χ4v) is 5.06. The summed E-state index contributed by atoms with van der Waals surface area (Å²) >= 11 is 6.02. The zero-order valence-corrected chi connectivity index (χ0v) is 18.1. The molecule has 0 atom stereocenters. The number of phenolic OH excluding ortho intramolecular Hbond substituents is 1. The Morgan fingerprint density at radius 2 is 1.77 bits per heavy atom. The van der Waals surface area contributed by atoms with Crippen molar-refractivity contribution in [2.24, 2.45) is 0 Å². The van der Waals surface area contributed by atoms with Crippen LogP contribution in [0.5, 0.6) is 5.75 Å². The molecule has 30 heavy (non-hydrogen) atoms. The van der Waals surface area contributed by atoms with Crippen LogP contribution in [0.4, 0.5) is 5.69 Å². The highest BCUT2D eigenvalue weighted by Crippen LogP contribution is 2.29. The van der Waals surface area contributed by atoms with Crippen LogP contribution in [0.2, 0.25) is 5.02 Å². The van der Waals surface area contributed by atoms with Crippen molar-refractivity contribution in [2.75, 3.05) is 4.72 Å². The minimum atomic E-state index is -4.21. The quantitative estimate of drug-likeness (QED) is 0.490. The average Bonchev–Trinajstić information content (AvgIpc) is 2.71. The van der Waals surface area contributed by atoms with E-state index in [1.165, 1.54) is 12.3 Å². The number of nitrogens with one attached hydrogen (secondary N) is 2. The van der Waals surface area contributed by atoms with Crippen LogP contribution in [0.15, 0.2) is 70.6 Å². The second kappa shape index (κ2) is 8.60. The van der Waals surface area contributed by atoms with Gasteiger partial charge in [0.15, 0.2) is 0 Å². The van der Waals surface area contributed by atoms with Crippen LogP contribution >= 0.6 is 11.6 Å². The Morgan fingerprint density at radius 1 is 1.00 bits per heavy atom. The van der Waals surface area contributed by atoms with E-state index in [0.29, 0.717) is 16.3 Å². The number of aromatic hydroxyl groups is 1. The molecule has 8 nitrogen and oxygen atoms in total. The molecule has 0 aliphatic heterocycles. The molecule has 0 fully saturated rings. The van der Waals surface area contributed by atoms with Crippen molar-refractivity contribution >= 4 is 37.3 Å². The Hall–Kier alpha value is -2.66. The topological polar surface area (TPSA) is 125 Å². The highest BCUT2D eigenvalue weighted by molar-refractivity contribution is 7.93. The van der Waals surface area contributed by atoms with E-state index in [9.17, 15) is 21.9 Å². The average molecular weight is 468 g/mol. The van der Waals surface area contributed by atoms with Crippen molar-refractivity contribution in [1.82, 2.24) is 9.71 Å². The van der Waals surface area contributed by atoms with Gasteiger partial charge in [-0.3, -0.25) is 9.71 Å². The molecular formula is C19H18ClN3O5S2. The molecule has 0 aliphatic carbocycles. The lowest BCUT2D eigenvalue weighted by molar-refractivity contribution is 0.457. The minimum Gasteiger partial charge on any atom is -0.507 e. The number of rotatable bonds is 7. The number of anilines is 1. The molecular weight excluding hydrogens is 450 g/mol. The van der Waals surface area contributed by atoms with Gasteiger partial charge in [0.1, 0.15) is 10.6 Å². The van der Waals surface area contributed by atoms with Crippen LogP contribution in [0.25, 0.3) is 0 Å². The van der Waals surface area contributed by atoms with E-state index in [2.05, 4.69) is 14.4 Å². The van der Waals surface area contributed by atoms with Gasteiger partial charge in [-0.2, -0.15) is 0 Å². The first-order valence-corrected chi connectivity index (χ1v) is 11.9. The summed E-state index contributed by atoms with van der Waals surface area (Å²) in [7, 11) is -8.36. The summed E-state index contributed by atoms with van der Waals surface area (Å²) < 4.78 is 55.5. The molecule has 0 spiro atoms. The molecule has 0 amide bonds. The molecule has 3 aromatic rings. The molecule has 0 saturated heterocycles. The highest BCUT2D eigenvalue weighted by atomic mass is 35.5. The van der Waals surface area contributed by atoms with Gasteiger partial charge >= 0.3 is 0 Å². The Balaban J connectivity index is 1.91. The monoisotopic (exact) mass is 467 g/mol. The Labute approximate surface area is 179 Å². The zero-order valence-electron chi connectivity index (χ0n) is 15.7. The van der Waals surface area contributed by atoms with Crippen LogP contribution in [0.1, 0.15) is 11.3 Å². The Morgan fingerprint density at radius 3 is 2.47 bits per heavy atom. The number of halogens is 1. The summed E-state index contributed by atoms with van der Waals surface area (Å²) in [6, 6.07) is 12.8. The molecule has 1 aromatic heterocycles. The molecule has 0 saturated carbocycles. The van der Waals surface area contributed by atoms with Crippen molar-refractivity contribution in [3.05, 3.63) is 77.1 Å². The van der Waals surface area contributed by atoms with Crippen LogP contribution in [-0.2, 0) is 26.6 Å². The lowest BCUT2D eigenvalue weighted by atomic mass is 10.2. The van der Waals surface area contributed by atoms with E-state index < -0.39 is 30.7 Å². The minimum absolute atomic E-state index is 0.125. The number of aromatic nitrogens is 1. The van der Waals surface area contributed by atoms with Crippen molar-refractivity contribution in [3.63, 3.8) is 0 Å². The molecule has 1 heterocycles. The lowest BCUT2D eigenvalue weighted by Crippen LogP contribution is -2.24. The summed E-state index contributed by atoms with van der Waals surface area (Å²) in [5.74, 6) is -0.582. The van der Waals surface area contributed by atoms with Crippen LogP contribution in [0, 0.1) is 6.92 Å². The first kappa shape index (κ1) is 22.0. The number of pyridine rings is 1. The zero-order chi connectivity index (χ0) is 21.9. The SMILES string of the molecule is Cc1c(Cl)cccc1NS(=O)(=O)c1ccc(O)c(S(=O)(=O)NCc2ccccn2)c1. The van der Waals surface area contributed by atoms with Gasteiger partial charge in [0.05, 0.1) is 22.8 Å². The smallest absolute Gasteiger partial charge is 0.261 e. The summed E-state index contributed by atoms with van der Waals surface area (Å²) in [6.45, 7) is 1.52. The predicted molar refractivity (Wildman–Crippen MR) is 113 cm³/mol. The normalized spacial score (nSPS) is 11.9. The van der Waals surface area contributed by atoms with Crippen molar-refractivity contribution in [2.45, 2.75) is 23.3 Å². The third-order valence-corrected chi connectivity index (χ3v) is 7.42. The largest absolute Gasteiger partial charge is 0.507 e. The van der Waals surface area contributed by atoms with Gasteiger partial charge < -0.3 is 5.11 Å². The fraction of sp³-hybridized carbons (Fsp3) is 0.105. The van der Waals surface area contributed by atoms with Crippen molar-refractivity contribution in [1.29, 1.82) is 0 Å². The van der Waals surface area contributed by atoms with E-state index >= 15 is 0 Å². The maximum absolute atomic E-state index is 12.8. The van der Waals surface area contributed by atoms with Gasteiger partial charge in [0.25, 0.3) is 10.0 Å². The van der Waals surface area contributed by atoms with Gasteiger partial charge in [0.2, 0.25) is 10.0 Å². The van der Waals surface area contributed by atoms with Gasteiger partial charge in [-0.25, -0.2) is 21.6 Å². The fourth-order valence-electron chi connectivity index (χ4n) is 2.55. The van der Waals surface area contributed by atoms with E-state index in [-0.39, 0.29) is 17.1 Å². The molecule has 158 valence electrons. The third-order valence-electron chi connectivity index (χ3n) is 4.21. The first-order valence-electron chi connectivity index (χ1n) is 8.61. The summed E-state index contributed by atoms with van der Waals surface area (Å²) in [4.78, 5) is 3.11. The van der Waals surface area contributed by atoms with Crippen LogP contribution < -0.4 is 9.44 Å². The van der Waals surface area contributed by atoms with Crippen LogP contribution in [-0.4, -0.2) is 26.9 Å². The second-order valence-electron chi connectivity index (χ2n) is 6.29. The summed E-state index contributed by atoms with van der Waals surface area (Å²) in [6.07, 6.45) is 1.51. The third kappa shape index (κ3) is 4.90. The molecule has 3 N–H and O–H groups in total. The number of hydrogen-bond donors (Lipinski definition) is 3. The number of phenols is 1. The van der Waals surface area contributed by atoms with Gasteiger partial charge in [-0.15, -0.1) is 0 Å². The van der Waals surface area contributed by atoms with Gasteiger partial charge in [-0.05, 0) is 55.0 Å². The number of nitrogens with zero attached hydrogens (tertiary/aromatic N) is 1. The van der Waals surface area contributed by atoms with Crippen molar-refractivity contribution in [3.8, 4) is 5.75 Å². The standard InChI is InChI=1S/C19H18ClN3O5S2/c1-13-16(20)6-4-7-17(13)23-29(25,26)15-8-9-18(24)19(11-15)30(27,28)22-12-14-5-2-3-10-21-14/h2-11,22-24H,12H2,1H3. The van der Waals surface area contributed by atoms with Gasteiger partial charge in [0, 0.05) is 11.2 Å². The lowest BCUT2D eigenvalue weighted by Gasteiger charge is -2.13. The molecule has 3 rings (SSSR count). The summed E-state index contributed by atoms with van der Waals surface area (Å²) in [5, 5.41) is 10.4. The molecule has 11 heteroatoms. The van der Waals surface area contributed by atoms with Crippen molar-refractivity contribution < 1.29 is 21.9 Å². The maximum Gasteiger partial charge on any atom is 0.261 e. The molecule has 0 bridgehead atoms. The predicted octanol–water partition coefficient (Wildman–Crippen LogP) is 3.03. The van der Waals surface area contributed by atoms with E-state index in [1.807, 2.05) is 0 Å². The Bertz CT molecular complexity index is 1280. The van der Waals surface area contributed by atoms with E-state index in [4.69, 9.17) is 11.6 Å². The molecule has 0 aliphatic rings. The van der Waals surface area contributed by atoms with E-state index in [0.717, 1.165) is 18.2 Å². The molecule has 0 unspecified atom stereocenters. The molecule has 0 radical (unpaired) electrons. The second-order valence-corrected chi connectivity index (χ2v) is 10.1. The number of sulfonamides is 2. The Kier molecular flexibility index (Phi) is 6.32. The van der Waals surface area contributed by atoms with Crippen LogP contribution in [0.3, 0.4) is 0 Å². The highest BCUT2D eigenvalue weighted by Gasteiger charge is 2.24. The number of hydrogen-bond acceptors (Lipinski definition) is 6. The van der Waals surface area contributed by atoms with E-state index in [1.54, 1.807) is 37.3 Å². The number of benzene rings is 2. The maximum atomic E-state index is 12.8. The summed E-state index contributed by atoms with van der Waals surface area (Å²) in [5.41, 5.74) is 1.24. The molecule has 2 aromatic carbocycles. The van der Waals surface area contributed by atoms with Gasteiger partial charge in [-0.1, -0.05) is 23.7 Å².